The third-order valence-electron chi connectivity index (χ3n) is 3.83. The first-order valence-corrected chi connectivity index (χ1v) is 7.71. The van der Waals surface area contributed by atoms with Gasteiger partial charge in [0.05, 0.1) is 5.39 Å². The van der Waals surface area contributed by atoms with Crippen molar-refractivity contribution in [3.63, 3.8) is 0 Å². The molecule has 0 amide bonds. The van der Waals surface area contributed by atoms with Crippen molar-refractivity contribution in [3.8, 4) is 5.69 Å². The lowest BCUT2D eigenvalue weighted by Crippen LogP contribution is -2.13. The highest BCUT2D eigenvalue weighted by Gasteiger charge is 2.11. The minimum atomic E-state index is -0.0521. The van der Waals surface area contributed by atoms with E-state index in [-0.39, 0.29) is 5.43 Å². The second-order valence-electron chi connectivity index (χ2n) is 5.43. The molecule has 0 saturated carbocycles. The molecule has 0 unspecified atom stereocenters. The van der Waals surface area contributed by atoms with Crippen LogP contribution in [0.3, 0.4) is 0 Å². The Hall–Kier alpha value is -3.40. The van der Waals surface area contributed by atoms with Gasteiger partial charge in [-0.1, -0.05) is 36.4 Å². The van der Waals surface area contributed by atoms with E-state index in [1.54, 1.807) is 24.4 Å². The molecule has 0 aliphatic rings. The minimum Gasteiger partial charge on any atom is -0.341 e. The summed E-state index contributed by atoms with van der Waals surface area (Å²) in [5.74, 6) is 0.684. The van der Waals surface area contributed by atoms with Crippen molar-refractivity contribution in [1.82, 2.24) is 9.55 Å². The molecule has 4 nitrogen and oxygen atoms in total. The molecule has 4 rings (SSSR count). The molecule has 0 saturated heterocycles. The Bertz CT molecular complexity index is 1040. The van der Waals surface area contributed by atoms with Crippen LogP contribution in [0.15, 0.2) is 89.9 Å². The third-order valence-corrected chi connectivity index (χ3v) is 3.83. The molecule has 2 aromatic heterocycles. The summed E-state index contributed by atoms with van der Waals surface area (Å²) in [7, 11) is 0. The zero-order valence-corrected chi connectivity index (χ0v) is 12.9. The number of nitrogens with one attached hydrogen (secondary N) is 1. The summed E-state index contributed by atoms with van der Waals surface area (Å²) in [5, 5.41) is 3.92. The lowest BCUT2D eigenvalue weighted by atomic mass is 10.2. The first-order valence-electron chi connectivity index (χ1n) is 7.71. The Morgan fingerprint density at radius 1 is 0.833 bits per heavy atom. The van der Waals surface area contributed by atoms with Crippen LogP contribution in [0.1, 0.15) is 0 Å². The number of pyridine rings is 2. The summed E-state index contributed by atoms with van der Waals surface area (Å²) in [5.41, 5.74) is 2.44. The number of benzene rings is 2. The van der Waals surface area contributed by atoms with Gasteiger partial charge in [0.2, 0.25) is 0 Å². The van der Waals surface area contributed by atoms with Crippen LogP contribution < -0.4 is 10.7 Å². The van der Waals surface area contributed by atoms with Crippen molar-refractivity contribution in [2.45, 2.75) is 0 Å². The predicted octanol–water partition coefficient (Wildman–Crippen LogP) is 4.13. The fourth-order valence-electron chi connectivity index (χ4n) is 2.75. The fraction of sp³-hybridized carbons (Fsp3) is 0. The van der Waals surface area contributed by atoms with Crippen molar-refractivity contribution in [3.05, 3.63) is 95.3 Å². The predicted molar refractivity (Wildman–Crippen MR) is 97.1 cm³/mol. The van der Waals surface area contributed by atoms with E-state index in [0.717, 1.165) is 11.4 Å². The van der Waals surface area contributed by atoms with E-state index in [2.05, 4.69) is 10.3 Å². The van der Waals surface area contributed by atoms with E-state index in [1.165, 1.54) is 0 Å². The molecule has 0 bridgehead atoms. The molecule has 0 aliphatic carbocycles. The highest BCUT2D eigenvalue weighted by molar-refractivity contribution is 5.80. The number of para-hydroxylation sites is 2. The highest BCUT2D eigenvalue weighted by Crippen LogP contribution is 2.23. The Kier molecular flexibility index (Phi) is 3.56. The van der Waals surface area contributed by atoms with Gasteiger partial charge in [-0.05, 0) is 36.4 Å². The molecule has 0 fully saturated rings. The number of hydrogen-bond acceptors (Lipinski definition) is 3. The Morgan fingerprint density at radius 2 is 1.54 bits per heavy atom. The van der Waals surface area contributed by atoms with Crippen molar-refractivity contribution in [2.24, 2.45) is 0 Å². The molecule has 1 N–H and O–H groups in total. The van der Waals surface area contributed by atoms with Crippen molar-refractivity contribution >= 4 is 22.5 Å². The van der Waals surface area contributed by atoms with Gasteiger partial charge in [-0.2, -0.15) is 0 Å². The van der Waals surface area contributed by atoms with Gasteiger partial charge in [0.25, 0.3) is 0 Å². The van der Waals surface area contributed by atoms with Crippen molar-refractivity contribution in [1.29, 1.82) is 0 Å². The number of anilines is 2. The molecular formula is C20H15N3O. The monoisotopic (exact) mass is 313 g/mol. The largest absolute Gasteiger partial charge is 0.341 e. The molecule has 24 heavy (non-hydrogen) atoms. The summed E-state index contributed by atoms with van der Waals surface area (Å²) >= 11 is 0. The van der Waals surface area contributed by atoms with E-state index >= 15 is 0 Å². The molecule has 0 spiro atoms. The van der Waals surface area contributed by atoms with Crippen LogP contribution in [0.25, 0.3) is 16.7 Å². The van der Waals surface area contributed by atoms with Gasteiger partial charge in [-0.3, -0.25) is 9.36 Å². The van der Waals surface area contributed by atoms with Crippen LogP contribution in [-0.4, -0.2) is 9.55 Å². The van der Waals surface area contributed by atoms with Gasteiger partial charge in [0.15, 0.2) is 5.43 Å². The van der Waals surface area contributed by atoms with Crippen molar-refractivity contribution < 1.29 is 0 Å². The Morgan fingerprint density at radius 3 is 2.29 bits per heavy atom. The Balaban J connectivity index is 2.00. The van der Waals surface area contributed by atoms with E-state index in [4.69, 9.17) is 0 Å². The van der Waals surface area contributed by atoms with Gasteiger partial charge in [-0.25, -0.2) is 4.98 Å². The lowest BCUT2D eigenvalue weighted by Gasteiger charge is -2.17. The lowest BCUT2D eigenvalue weighted by molar-refractivity contribution is 1.07. The van der Waals surface area contributed by atoms with Gasteiger partial charge in [0, 0.05) is 23.6 Å². The molecule has 4 aromatic rings. The Labute approximate surface area is 139 Å². The average molecular weight is 313 g/mol. The van der Waals surface area contributed by atoms with Gasteiger partial charge < -0.3 is 5.32 Å². The second kappa shape index (κ2) is 6.01. The third kappa shape index (κ3) is 2.54. The summed E-state index contributed by atoms with van der Waals surface area (Å²) in [6.07, 6.45) is 1.70. The molecule has 0 atom stereocenters. The zero-order chi connectivity index (χ0) is 16.4. The number of rotatable bonds is 3. The smallest absolute Gasteiger partial charge is 0.193 e. The van der Waals surface area contributed by atoms with Crippen LogP contribution >= 0.6 is 0 Å². The van der Waals surface area contributed by atoms with Crippen LogP contribution in [0.2, 0.25) is 0 Å². The first kappa shape index (κ1) is 14.2. The highest BCUT2D eigenvalue weighted by atomic mass is 16.1. The van der Waals surface area contributed by atoms with E-state index in [1.807, 2.05) is 65.2 Å². The normalized spacial score (nSPS) is 10.7. The maximum atomic E-state index is 12.5. The standard InChI is InChI=1S/C20H15N3O/c24-18-14-19(22-15-8-3-1-4-9-15)23(16-10-5-2-6-11-16)20-17(18)12-7-13-21-20/h1-14,22H. The number of nitrogens with zero attached hydrogens (tertiary/aromatic N) is 2. The molecule has 0 aliphatic heterocycles. The number of hydrogen-bond donors (Lipinski definition) is 1. The van der Waals surface area contributed by atoms with Crippen LogP contribution in [0, 0.1) is 0 Å². The SMILES string of the molecule is O=c1cc(Nc2ccccc2)n(-c2ccccc2)c2ncccc12. The molecule has 2 aromatic carbocycles. The van der Waals surface area contributed by atoms with Crippen LogP contribution in [0.4, 0.5) is 11.5 Å². The summed E-state index contributed by atoms with van der Waals surface area (Å²) in [6.45, 7) is 0. The van der Waals surface area contributed by atoms with E-state index in [0.29, 0.717) is 16.9 Å². The zero-order valence-electron chi connectivity index (χ0n) is 12.9. The molecule has 0 radical (unpaired) electrons. The quantitative estimate of drug-likeness (QED) is 0.618. The fourth-order valence-corrected chi connectivity index (χ4v) is 2.75. The summed E-state index contributed by atoms with van der Waals surface area (Å²) < 4.78 is 1.96. The van der Waals surface area contributed by atoms with Gasteiger partial charge in [-0.15, -0.1) is 0 Å². The number of fused-ring (bicyclic) bond motifs is 1. The van der Waals surface area contributed by atoms with Crippen molar-refractivity contribution in [2.75, 3.05) is 5.32 Å². The number of aromatic nitrogens is 2. The van der Waals surface area contributed by atoms with Crippen LogP contribution in [-0.2, 0) is 0 Å². The first-order chi connectivity index (χ1) is 11.8. The molecular weight excluding hydrogens is 298 g/mol. The second-order valence-corrected chi connectivity index (χ2v) is 5.43. The molecule has 2 heterocycles. The van der Waals surface area contributed by atoms with Gasteiger partial charge in [0.1, 0.15) is 11.5 Å². The maximum Gasteiger partial charge on any atom is 0.193 e. The van der Waals surface area contributed by atoms with Gasteiger partial charge >= 0.3 is 0 Å². The molecule has 116 valence electrons. The minimum absolute atomic E-state index is 0.0521. The van der Waals surface area contributed by atoms with Crippen LogP contribution in [0.5, 0.6) is 0 Å². The maximum absolute atomic E-state index is 12.5. The van der Waals surface area contributed by atoms with E-state index < -0.39 is 0 Å². The summed E-state index contributed by atoms with van der Waals surface area (Å²) in [6, 6.07) is 24.9. The summed E-state index contributed by atoms with van der Waals surface area (Å²) in [4.78, 5) is 16.9. The molecule has 4 heteroatoms. The topological polar surface area (TPSA) is 46.9 Å². The average Bonchev–Trinajstić information content (AvgIpc) is 2.64. The van der Waals surface area contributed by atoms with E-state index in [9.17, 15) is 4.79 Å².